The van der Waals surface area contributed by atoms with Gasteiger partial charge < -0.3 is 9.47 Å². The molecule has 7 heteroatoms. The van der Waals surface area contributed by atoms with Gasteiger partial charge in [0.05, 0.1) is 18.1 Å². The van der Waals surface area contributed by atoms with Crippen LogP contribution in [-0.2, 0) is 9.53 Å². The number of hydrogen-bond acceptors (Lipinski definition) is 6. The molecule has 21 heavy (non-hydrogen) atoms. The van der Waals surface area contributed by atoms with Gasteiger partial charge in [0.1, 0.15) is 18.4 Å². The van der Waals surface area contributed by atoms with Crippen LogP contribution in [0.1, 0.15) is 19.4 Å². The number of esters is 1. The van der Waals surface area contributed by atoms with E-state index in [-0.39, 0.29) is 18.3 Å². The van der Waals surface area contributed by atoms with Crippen molar-refractivity contribution in [1.82, 2.24) is 5.32 Å². The highest BCUT2D eigenvalue weighted by atomic mass is 16.6. The lowest BCUT2D eigenvalue weighted by molar-refractivity contribution is -0.384. The van der Waals surface area contributed by atoms with Crippen molar-refractivity contribution in [2.24, 2.45) is 0 Å². The van der Waals surface area contributed by atoms with Crippen molar-refractivity contribution in [3.8, 4) is 5.75 Å². The second-order valence-electron chi connectivity index (χ2n) is 4.92. The highest BCUT2D eigenvalue weighted by molar-refractivity contribution is 5.75. The molecule has 1 aromatic carbocycles. The Morgan fingerprint density at radius 1 is 1.43 bits per heavy atom. The van der Waals surface area contributed by atoms with Gasteiger partial charge in [-0.2, -0.15) is 0 Å². The zero-order valence-corrected chi connectivity index (χ0v) is 12.6. The number of aryl methyl sites for hydroxylation is 1. The van der Waals surface area contributed by atoms with E-state index >= 15 is 0 Å². The van der Waals surface area contributed by atoms with Gasteiger partial charge in [0, 0.05) is 12.1 Å². The number of nitrogens with one attached hydrogen (secondary N) is 1. The van der Waals surface area contributed by atoms with Crippen LogP contribution < -0.4 is 10.1 Å². The monoisotopic (exact) mass is 296 g/mol. The van der Waals surface area contributed by atoms with Gasteiger partial charge >= 0.3 is 5.97 Å². The van der Waals surface area contributed by atoms with Crippen LogP contribution in [0.15, 0.2) is 18.2 Å². The fraction of sp³-hybridized carbons (Fsp3) is 0.500. The van der Waals surface area contributed by atoms with E-state index in [0.29, 0.717) is 5.75 Å². The first kappa shape index (κ1) is 16.9. The summed E-state index contributed by atoms with van der Waals surface area (Å²) in [5.41, 5.74) is 0.704. The predicted octanol–water partition coefficient (Wildman–Crippen LogP) is 1.82. The third-order valence-corrected chi connectivity index (χ3v) is 2.81. The Hall–Kier alpha value is -2.15. The van der Waals surface area contributed by atoms with Crippen LogP contribution in [0.3, 0.4) is 0 Å². The average molecular weight is 296 g/mol. The number of non-ortho nitro benzene ring substituents is 1. The van der Waals surface area contributed by atoms with Crippen LogP contribution in [0.2, 0.25) is 0 Å². The summed E-state index contributed by atoms with van der Waals surface area (Å²) in [5, 5.41) is 13.8. The van der Waals surface area contributed by atoms with Crippen LogP contribution in [0.4, 0.5) is 5.69 Å². The van der Waals surface area contributed by atoms with Gasteiger partial charge in [0.2, 0.25) is 0 Å². The summed E-state index contributed by atoms with van der Waals surface area (Å²) < 4.78 is 10.3. The predicted molar refractivity (Wildman–Crippen MR) is 77.4 cm³/mol. The van der Waals surface area contributed by atoms with E-state index in [1.807, 2.05) is 13.8 Å². The first-order valence-corrected chi connectivity index (χ1v) is 6.57. The van der Waals surface area contributed by atoms with E-state index in [1.54, 1.807) is 13.0 Å². The van der Waals surface area contributed by atoms with Crippen molar-refractivity contribution < 1.29 is 19.2 Å². The van der Waals surface area contributed by atoms with Gasteiger partial charge in [-0.1, -0.05) is 13.8 Å². The van der Waals surface area contributed by atoms with Gasteiger partial charge in [0.25, 0.3) is 5.69 Å². The number of ether oxygens (including phenoxy) is 2. The van der Waals surface area contributed by atoms with Crippen molar-refractivity contribution in [1.29, 1.82) is 0 Å². The maximum atomic E-state index is 11.7. The Bertz CT molecular complexity index is 516. The van der Waals surface area contributed by atoms with E-state index in [2.05, 4.69) is 5.32 Å². The number of hydrogen-bond donors (Lipinski definition) is 1. The quantitative estimate of drug-likeness (QED) is 0.469. The number of methoxy groups -OCH3 is 1. The molecule has 0 spiro atoms. The molecule has 0 saturated carbocycles. The first-order valence-electron chi connectivity index (χ1n) is 6.57. The molecule has 0 fully saturated rings. The lowest BCUT2D eigenvalue weighted by Gasteiger charge is -2.20. The smallest absolute Gasteiger partial charge is 0.326 e. The van der Waals surface area contributed by atoms with Crippen molar-refractivity contribution in [2.75, 3.05) is 13.7 Å². The zero-order valence-electron chi connectivity index (χ0n) is 12.6. The summed E-state index contributed by atoms with van der Waals surface area (Å²) in [6.45, 7) is 5.61. The molecule has 1 N–H and O–H groups in total. The molecule has 0 radical (unpaired) electrons. The highest BCUT2D eigenvalue weighted by Gasteiger charge is 2.21. The Morgan fingerprint density at radius 3 is 2.62 bits per heavy atom. The van der Waals surface area contributed by atoms with Gasteiger partial charge in [-0.25, -0.2) is 0 Å². The number of carbonyl (C=O) groups is 1. The van der Waals surface area contributed by atoms with Crippen LogP contribution in [0.5, 0.6) is 5.75 Å². The SMILES string of the molecule is COC(=O)C(COc1cc([N+](=O)[O-])ccc1C)NC(C)C. The molecular formula is C14H20N2O5. The zero-order chi connectivity index (χ0) is 16.0. The molecule has 1 aromatic rings. The number of nitrogens with zero attached hydrogens (tertiary/aromatic N) is 1. The molecule has 0 aliphatic carbocycles. The van der Waals surface area contributed by atoms with Crippen molar-refractivity contribution in [3.05, 3.63) is 33.9 Å². The van der Waals surface area contributed by atoms with E-state index in [9.17, 15) is 14.9 Å². The standard InChI is InChI=1S/C14H20N2O5/c1-9(2)15-12(14(17)20-4)8-21-13-7-11(16(18)19)6-5-10(13)3/h5-7,9,12,15H,8H2,1-4H3. The van der Waals surface area contributed by atoms with Crippen LogP contribution >= 0.6 is 0 Å². The van der Waals surface area contributed by atoms with Crippen LogP contribution in [-0.4, -0.2) is 36.7 Å². The van der Waals surface area contributed by atoms with Crippen molar-refractivity contribution >= 4 is 11.7 Å². The summed E-state index contributed by atoms with van der Waals surface area (Å²) in [5.74, 6) is -0.0598. The Labute approximate surface area is 123 Å². The Balaban J connectivity index is 2.81. The Morgan fingerprint density at radius 2 is 2.10 bits per heavy atom. The average Bonchev–Trinajstić information content (AvgIpc) is 2.43. The lowest BCUT2D eigenvalue weighted by atomic mass is 10.2. The number of nitro benzene ring substituents is 1. The number of nitro groups is 1. The molecule has 1 unspecified atom stereocenters. The third-order valence-electron chi connectivity index (χ3n) is 2.81. The first-order chi connectivity index (χ1) is 9.85. The number of carbonyl (C=O) groups excluding carboxylic acids is 1. The van der Waals surface area contributed by atoms with Crippen LogP contribution in [0, 0.1) is 17.0 Å². The van der Waals surface area contributed by atoms with Crippen molar-refractivity contribution in [3.63, 3.8) is 0 Å². The second kappa shape index (κ2) is 7.58. The molecule has 1 atom stereocenters. The largest absolute Gasteiger partial charge is 0.491 e. The van der Waals surface area contributed by atoms with E-state index < -0.39 is 16.9 Å². The highest BCUT2D eigenvalue weighted by Crippen LogP contribution is 2.24. The molecule has 0 aliphatic heterocycles. The van der Waals surface area contributed by atoms with E-state index in [1.165, 1.54) is 19.2 Å². The van der Waals surface area contributed by atoms with Crippen molar-refractivity contribution in [2.45, 2.75) is 32.9 Å². The molecule has 7 nitrogen and oxygen atoms in total. The minimum absolute atomic E-state index is 0.0346. The van der Waals surface area contributed by atoms with Gasteiger partial charge in [-0.15, -0.1) is 0 Å². The topological polar surface area (TPSA) is 90.7 Å². The summed E-state index contributed by atoms with van der Waals surface area (Å²) in [4.78, 5) is 21.9. The lowest BCUT2D eigenvalue weighted by Crippen LogP contribution is -2.45. The minimum atomic E-state index is -0.631. The molecule has 0 saturated heterocycles. The summed E-state index contributed by atoms with van der Waals surface area (Å²) in [6.07, 6.45) is 0. The molecule has 0 aliphatic rings. The number of benzene rings is 1. The molecule has 116 valence electrons. The maximum absolute atomic E-state index is 11.7. The summed E-state index contributed by atoms with van der Waals surface area (Å²) in [7, 11) is 1.30. The number of rotatable bonds is 7. The second-order valence-corrected chi connectivity index (χ2v) is 4.92. The van der Waals surface area contributed by atoms with E-state index in [0.717, 1.165) is 5.56 Å². The molecule has 0 heterocycles. The van der Waals surface area contributed by atoms with Gasteiger partial charge in [-0.05, 0) is 18.6 Å². The van der Waals surface area contributed by atoms with Gasteiger partial charge in [-0.3, -0.25) is 20.2 Å². The van der Waals surface area contributed by atoms with E-state index in [4.69, 9.17) is 9.47 Å². The van der Waals surface area contributed by atoms with Crippen LogP contribution in [0.25, 0.3) is 0 Å². The molecule has 0 amide bonds. The van der Waals surface area contributed by atoms with Gasteiger partial charge in [0.15, 0.2) is 0 Å². The normalized spacial score (nSPS) is 12.0. The maximum Gasteiger partial charge on any atom is 0.326 e. The Kier molecular flexibility index (Phi) is 6.10. The molecular weight excluding hydrogens is 276 g/mol. The molecule has 1 rings (SSSR count). The fourth-order valence-corrected chi connectivity index (χ4v) is 1.76. The molecule has 0 aromatic heterocycles. The summed E-state index contributed by atoms with van der Waals surface area (Å²) in [6, 6.07) is 3.81. The minimum Gasteiger partial charge on any atom is -0.491 e. The summed E-state index contributed by atoms with van der Waals surface area (Å²) >= 11 is 0. The fourth-order valence-electron chi connectivity index (χ4n) is 1.76. The third kappa shape index (κ3) is 5.03. The molecule has 0 bridgehead atoms.